The molecule has 0 saturated carbocycles. The van der Waals surface area contributed by atoms with Crippen LogP contribution >= 0.6 is 0 Å². The summed E-state index contributed by atoms with van der Waals surface area (Å²) in [5.41, 5.74) is 3.22. The molecule has 5 nitrogen and oxygen atoms in total. The first-order valence-corrected chi connectivity index (χ1v) is 9.15. The van der Waals surface area contributed by atoms with Crippen molar-refractivity contribution in [3.63, 3.8) is 0 Å². The minimum absolute atomic E-state index is 0.0683. The second kappa shape index (κ2) is 7.30. The van der Waals surface area contributed by atoms with Gasteiger partial charge in [-0.25, -0.2) is 4.98 Å². The number of aryl methyl sites for hydroxylation is 1. The molecule has 1 fully saturated rings. The first-order chi connectivity index (χ1) is 11.9. The van der Waals surface area contributed by atoms with Gasteiger partial charge in [0.25, 0.3) is 0 Å². The molecule has 0 atom stereocenters. The Labute approximate surface area is 150 Å². The molecule has 0 unspecified atom stereocenters. The van der Waals surface area contributed by atoms with Gasteiger partial charge < -0.3 is 15.5 Å². The molecule has 5 heteroatoms. The maximum absolute atomic E-state index is 4.58. The lowest BCUT2D eigenvalue weighted by atomic mass is 10.1. The molecule has 2 N–H and O–H groups in total. The second-order valence-electron chi connectivity index (χ2n) is 7.81. The van der Waals surface area contributed by atoms with Crippen LogP contribution in [0.1, 0.15) is 45.7 Å². The number of hydrogen-bond donors (Lipinski definition) is 2. The number of aromatic nitrogens is 2. The SMILES string of the molecule is Cc1cc(Nc2ccc(N3CCCCC3)cc2)nc(NC(C)(C)C)n1. The minimum atomic E-state index is -0.0683. The van der Waals surface area contributed by atoms with E-state index in [0.717, 1.165) is 17.2 Å². The Balaban J connectivity index is 1.71. The Hall–Kier alpha value is -2.30. The Morgan fingerprint density at radius 1 is 0.960 bits per heavy atom. The van der Waals surface area contributed by atoms with Crippen LogP contribution < -0.4 is 15.5 Å². The van der Waals surface area contributed by atoms with Crippen LogP contribution in [0.4, 0.5) is 23.1 Å². The first kappa shape index (κ1) is 17.5. The highest BCUT2D eigenvalue weighted by Crippen LogP contribution is 2.24. The Kier molecular flexibility index (Phi) is 5.11. The molecule has 1 aromatic carbocycles. The standard InChI is InChI=1S/C20H29N5/c1-15-14-18(23-19(21-15)24-20(2,3)4)22-16-8-10-17(11-9-16)25-12-6-5-7-13-25/h8-11,14H,5-7,12-13H2,1-4H3,(H2,21,22,23,24). The summed E-state index contributed by atoms with van der Waals surface area (Å²) in [5, 5.41) is 6.72. The molecule has 1 aliphatic heterocycles. The van der Waals surface area contributed by atoms with Crippen LogP contribution in [0.3, 0.4) is 0 Å². The molecule has 3 rings (SSSR count). The van der Waals surface area contributed by atoms with Gasteiger partial charge in [0.15, 0.2) is 0 Å². The number of rotatable bonds is 4. The third-order valence-electron chi connectivity index (χ3n) is 4.20. The lowest BCUT2D eigenvalue weighted by Crippen LogP contribution is -2.29. The summed E-state index contributed by atoms with van der Waals surface area (Å²) in [5.74, 6) is 1.46. The number of anilines is 4. The molecule has 0 amide bonds. The smallest absolute Gasteiger partial charge is 0.225 e. The van der Waals surface area contributed by atoms with Crippen molar-refractivity contribution in [1.29, 1.82) is 0 Å². The summed E-state index contributed by atoms with van der Waals surface area (Å²) in [4.78, 5) is 11.5. The largest absolute Gasteiger partial charge is 0.372 e. The van der Waals surface area contributed by atoms with Gasteiger partial charge in [0, 0.05) is 41.8 Å². The fraction of sp³-hybridized carbons (Fsp3) is 0.500. The molecule has 0 spiro atoms. The van der Waals surface area contributed by atoms with Crippen molar-refractivity contribution in [2.45, 2.75) is 52.5 Å². The first-order valence-electron chi connectivity index (χ1n) is 9.15. The molecule has 1 aliphatic rings. The van der Waals surface area contributed by atoms with Crippen LogP contribution in [-0.2, 0) is 0 Å². The van der Waals surface area contributed by atoms with Gasteiger partial charge in [0.1, 0.15) is 5.82 Å². The van der Waals surface area contributed by atoms with E-state index in [2.05, 4.69) is 70.5 Å². The average molecular weight is 339 g/mol. The van der Waals surface area contributed by atoms with Crippen LogP contribution in [0.2, 0.25) is 0 Å². The molecular weight excluding hydrogens is 310 g/mol. The second-order valence-corrected chi connectivity index (χ2v) is 7.81. The summed E-state index contributed by atoms with van der Waals surface area (Å²) < 4.78 is 0. The van der Waals surface area contributed by atoms with E-state index in [1.807, 2.05) is 13.0 Å². The summed E-state index contributed by atoms with van der Waals surface area (Å²) >= 11 is 0. The molecule has 2 aromatic rings. The van der Waals surface area contributed by atoms with Crippen molar-refractivity contribution in [3.8, 4) is 0 Å². The van der Waals surface area contributed by atoms with Gasteiger partial charge in [-0.15, -0.1) is 0 Å². The Morgan fingerprint density at radius 3 is 2.28 bits per heavy atom. The van der Waals surface area contributed by atoms with Crippen molar-refractivity contribution in [3.05, 3.63) is 36.0 Å². The van der Waals surface area contributed by atoms with Gasteiger partial charge >= 0.3 is 0 Å². The highest BCUT2D eigenvalue weighted by molar-refractivity contribution is 5.61. The number of nitrogens with zero attached hydrogens (tertiary/aromatic N) is 3. The monoisotopic (exact) mass is 339 g/mol. The maximum atomic E-state index is 4.58. The number of nitrogens with one attached hydrogen (secondary N) is 2. The molecule has 25 heavy (non-hydrogen) atoms. The molecule has 0 bridgehead atoms. The molecule has 2 heterocycles. The van der Waals surface area contributed by atoms with E-state index in [0.29, 0.717) is 5.95 Å². The predicted molar refractivity (Wildman–Crippen MR) is 106 cm³/mol. The van der Waals surface area contributed by atoms with Crippen molar-refractivity contribution in [2.75, 3.05) is 28.6 Å². The summed E-state index contributed by atoms with van der Waals surface area (Å²) in [6.45, 7) is 10.6. The van der Waals surface area contributed by atoms with Crippen molar-refractivity contribution in [2.24, 2.45) is 0 Å². The van der Waals surface area contributed by atoms with Gasteiger partial charge in [-0.1, -0.05) is 0 Å². The molecule has 1 saturated heterocycles. The van der Waals surface area contributed by atoms with E-state index in [9.17, 15) is 0 Å². The zero-order chi connectivity index (χ0) is 17.9. The Bertz CT molecular complexity index is 697. The lowest BCUT2D eigenvalue weighted by Gasteiger charge is -2.28. The molecule has 1 aromatic heterocycles. The maximum Gasteiger partial charge on any atom is 0.225 e. The Morgan fingerprint density at radius 2 is 1.64 bits per heavy atom. The fourth-order valence-corrected chi connectivity index (χ4v) is 3.08. The molecule has 134 valence electrons. The van der Waals surface area contributed by atoms with Crippen molar-refractivity contribution >= 4 is 23.1 Å². The number of hydrogen-bond acceptors (Lipinski definition) is 5. The lowest BCUT2D eigenvalue weighted by molar-refractivity contribution is 0.578. The molecule has 0 aliphatic carbocycles. The predicted octanol–water partition coefficient (Wildman–Crippen LogP) is 4.73. The van der Waals surface area contributed by atoms with Crippen LogP contribution in [0, 0.1) is 6.92 Å². The van der Waals surface area contributed by atoms with Crippen LogP contribution in [0.25, 0.3) is 0 Å². The molecule has 0 radical (unpaired) electrons. The molecular formula is C20H29N5. The summed E-state index contributed by atoms with van der Waals surface area (Å²) in [6, 6.07) is 10.6. The third kappa shape index (κ3) is 5.08. The number of piperidine rings is 1. The average Bonchev–Trinajstić information content (AvgIpc) is 2.54. The summed E-state index contributed by atoms with van der Waals surface area (Å²) in [7, 11) is 0. The van der Waals surface area contributed by atoms with Crippen molar-refractivity contribution < 1.29 is 0 Å². The normalized spacial score (nSPS) is 15.1. The van der Waals surface area contributed by atoms with Gasteiger partial charge in [0.05, 0.1) is 0 Å². The van der Waals surface area contributed by atoms with Crippen LogP contribution in [-0.4, -0.2) is 28.6 Å². The highest BCUT2D eigenvalue weighted by Gasteiger charge is 2.13. The highest BCUT2D eigenvalue weighted by atomic mass is 15.2. The van der Waals surface area contributed by atoms with Crippen LogP contribution in [0.5, 0.6) is 0 Å². The van der Waals surface area contributed by atoms with E-state index in [-0.39, 0.29) is 5.54 Å². The third-order valence-corrected chi connectivity index (χ3v) is 4.20. The quantitative estimate of drug-likeness (QED) is 0.843. The van der Waals surface area contributed by atoms with E-state index < -0.39 is 0 Å². The zero-order valence-corrected chi connectivity index (χ0v) is 15.8. The summed E-state index contributed by atoms with van der Waals surface area (Å²) in [6.07, 6.45) is 3.95. The van der Waals surface area contributed by atoms with E-state index in [4.69, 9.17) is 0 Å². The van der Waals surface area contributed by atoms with Gasteiger partial charge in [-0.3, -0.25) is 0 Å². The topological polar surface area (TPSA) is 53.1 Å². The van der Waals surface area contributed by atoms with E-state index in [1.54, 1.807) is 0 Å². The van der Waals surface area contributed by atoms with Crippen LogP contribution in [0.15, 0.2) is 30.3 Å². The van der Waals surface area contributed by atoms with Gasteiger partial charge in [-0.2, -0.15) is 4.98 Å². The zero-order valence-electron chi connectivity index (χ0n) is 15.8. The number of benzene rings is 1. The van der Waals surface area contributed by atoms with Gasteiger partial charge in [-0.05, 0) is 71.2 Å². The fourth-order valence-electron chi connectivity index (χ4n) is 3.08. The van der Waals surface area contributed by atoms with Crippen molar-refractivity contribution in [1.82, 2.24) is 9.97 Å². The van der Waals surface area contributed by atoms with E-state index >= 15 is 0 Å². The minimum Gasteiger partial charge on any atom is -0.372 e. The van der Waals surface area contributed by atoms with Gasteiger partial charge in [0.2, 0.25) is 5.95 Å². The van der Waals surface area contributed by atoms with E-state index in [1.165, 1.54) is 38.0 Å².